The van der Waals surface area contributed by atoms with E-state index in [9.17, 15) is 14.7 Å². The maximum atomic E-state index is 13.4. The Labute approximate surface area is 197 Å². The zero-order valence-corrected chi connectivity index (χ0v) is 18.9. The van der Waals surface area contributed by atoms with E-state index in [0.29, 0.717) is 18.5 Å². The summed E-state index contributed by atoms with van der Waals surface area (Å²) in [4.78, 5) is 35.4. The topological polar surface area (TPSA) is 86.3 Å². The molecular formula is C28H25N3O3. The average molecular weight is 452 g/mol. The van der Waals surface area contributed by atoms with E-state index < -0.39 is 17.7 Å². The first-order valence-electron chi connectivity index (χ1n) is 11.3. The molecule has 2 N–H and O–H groups in total. The third kappa shape index (κ3) is 3.88. The number of carbonyl (C=O) groups excluding carboxylic acids is 2. The molecule has 6 nitrogen and oxygen atoms in total. The largest absolute Gasteiger partial charge is 0.503 e. The second kappa shape index (κ2) is 8.98. The minimum atomic E-state index is -0.649. The molecule has 0 saturated carbocycles. The highest BCUT2D eigenvalue weighted by Crippen LogP contribution is 2.39. The first-order chi connectivity index (χ1) is 16.5. The lowest BCUT2D eigenvalue weighted by molar-refractivity contribution is -0.129. The summed E-state index contributed by atoms with van der Waals surface area (Å²) in [6.45, 7) is 2.39. The zero-order valence-electron chi connectivity index (χ0n) is 18.9. The van der Waals surface area contributed by atoms with Gasteiger partial charge in [0, 0.05) is 41.6 Å². The van der Waals surface area contributed by atoms with Crippen molar-refractivity contribution >= 4 is 22.6 Å². The molecule has 2 aromatic carbocycles. The fourth-order valence-electron chi connectivity index (χ4n) is 4.64. The van der Waals surface area contributed by atoms with Crippen LogP contribution in [0, 0.1) is 6.92 Å². The Morgan fingerprint density at radius 2 is 1.88 bits per heavy atom. The number of para-hydroxylation sites is 1. The number of aromatic amines is 1. The number of carbonyl (C=O) groups is 2. The molecule has 0 radical (unpaired) electrons. The molecule has 2 aromatic heterocycles. The Hall–Kier alpha value is -4.19. The number of nitrogens with one attached hydrogen (secondary N) is 1. The van der Waals surface area contributed by atoms with Crippen LogP contribution >= 0.6 is 0 Å². The van der Waals surface area contributed by atoms with Gasteiger partial charge in [0.15, 0.2) is 11.5 Å². The van der Waals surface area contributed by atoms with Gasteiger partial charge < -0.3 is 15.0 Å². The van der Waals surface area contributed by atoms with Crippen LogP contribution in [0.15, 0.2) is 90.6 Å². The quantitative estimate of drug-likeness (QED) is 0.384. The van der Waals surface area contributed by atoms with Crippen LogP contribution in [0.25, 0.3) is 10.9 Å². The Balaban J connectivity index is 1.44. The molecule has 6 heteroatoms. The van der Waals surface area contributed by atoms with Gasteiger partial charge in [0.1, 0.15) is 0 Å². The average Bonchev–Trinajstić information content (AvgIpc) is 3.39. The number of nitrogens with zero attached hydrogens (tertiary/aromatic N) is 2. The van der Waals surface area contributed by atoms with Crippen molar-refractivity contribution in [1.82, 2.24) is 14.9 Å². The molecule has 1 amide bonds. The van der Waals surface area contributed by atoms with Crippen LogP contribution in [0.3, 0.4) is 0 Å². The first-order valence-corrected chi connectivity index (χ1v) is 11.3. The molecule has 5 rings (SSSR count). The van der Waals surface area contributed by atoms with Crippen LogP contribution in [0.5, 0.6) is 0 Å². The number of aliphatic hydroxyl groups excluding tert-OH is 1. The molecule has 1 atom stereocenters. The third-order valence-corrected chi connectivity index (χ3v) is 6.39. The van der Waals surface area contributed by atoms with E-state index in [1.165, 1.54) is 17.1 Å². The van der Waals surface area contributed by atoms with Crippen molar-refractivity contribution in [3.63, 3.8) is 0 Å². The molecule has 0 saturated heterocycles. The van der Waals surface area contributed by atoms with E-state index in [-0.39, 0.29) is 11.4 Å². The van der Waals surface area contributed by atoms with Gasteiger partial charge in [-0.25, -0.2) is 0 Å². The van der Waals surface area contributed by atoms with Crippen LogP contribution in [0.2, 0.25) is 0 Å². The molecule has 1 aliphatic rings. The predicted octanol–water partition coefficient (Wildman–Crippen LogP) is 5.08. The van der Waals surface area contributed by atoms with Crippen molar-refractivity contribution in [1.29, 1.82) is 0 Å². The van der Waals surface area contributed by atoms with E-state index >= 15 is 0 Å². The number of pyridine rings is 1. The predicted molar refractivity (Wildman–Crippen MR) is 130 cm³/mol. The number of hydrogen-bond donors (Lipinski definition) is 2. The van der Waals surface area contributed by atoms with Crippen molar-refractivity contribution in [2.24, 2.45) is 0 Å². The molecule has 4 aromatic rings. The van der Waals surface area contributed by atoms with Gasteiger partial charge in [-0.1, -0.05) is 48.0 Å². The minimum absolute atomic E-state index is 0.106. The first kappa shape index (κ1) is 21.6. The van der Waals surface area contributed by atoms with Crippen molar-refractivity contribution in [3.8, 4) is 0 Å². The molecular weight excluding hydrogens is 426 g/mol. The van der Waals surface area contributed by atoms with Crippen LogP contribution in [-0.2, 0) is 11.2 Å². The van der Waals surface area contributed by atoms with Crippen molar-refractivity contribution in [2.45, 2.75) is 25.8 Å². The summed E-state index contributed by atoms with van der Waals surface area (Å²) >= 11 is 0. The van der Waals surface area contributed by atoms with E-state index in [1.807, 2.05) is 55.6 Å². The fraction of sp³-hybridized carbons (Fsp3) is 0.179. The normalized spacial score (nSPS) is 16.0. The summed E-state index contributed by atoms with van der Waals surface area (Å²) in [7, 11) is 0. The Kier molecular flexibility index (Phi) is 5.72. The number of H-pyrrole nitrogens is 1. The molecule has 170 valence electrons. The number of rotatable bonds is 7. The van der Waals surface area contributed by atoms with Gasteiger partial charge in [-0.3, -0.25) is 14.6 Å². The summed E-state index contributed by atoms with van der Waals surface area (Å²) in [5.41, 5.74) is 4.58. The highest BCUT2D eigenvalue weighted by atomic mass is 16.3. The number of amides is 1. The lowest BCUT2D eigenvalue weighted by Gasteiger charge is -2.27. The molecule has 3 heterocycles. The second-order valence-corrected chi connectivity index (χ2v) is 8.61. The molecule has 0 fully saturated rings. The molecule has 1 unspecified atom stereocenters. The second-order valence-electron chi connectivity index (χ2n) is 8.61. The summed E-state index contributed by atoms with van der Waals surface area (Å²) in [5.74, 6) is -1.38. The van der Waals surface area contributed by atoms with Gasteiger partial charge in [0.05, 0.1) is 11.6 Å². The third-order valence-electron chi connectivity index (χ3n) is 6.39. The number of fused-ring (bicyclic) bond motifs is 1. The highest BCUT2D eigenvalue weighted by molar-refractivity contribution is 6.16. The number of aromatic nitrogens is 2. The standard InChI is InChI=1S/C28H25N3O3/c1-18-10-12-19(13-11-18)25-24(26(32)21-6-4-14-29-16-21)27(33)28(34)31(25)15-5-7-20-17-30-23-9-3-2-8-22(20)23/h2-4,6,8-14,16-17,25,30,33H,5,7,15H2,1H3. The van der Waals surface area contributed by atoms with Crippen LogP contribution in [0.4, 0.5) is 0 Å². The van der Waals surface area contributed by atoms with Crippen LogP contribution in [0.1, 0.15) is 39.5 Å². The van der Waals surface area contributed by atoms with Gasteiger partial charge in [-0.05, 0) is 49.1 Å². The maximum Gasteiger partial charge on any atom is 0.290 e. The summed E-state index contributed by atoms with van der Waals surface area (Å²) in [6, 6.07) is 18.5. The van der Waals surface area contributed by atoms with Gasteiger partial charge in [0.2, 0.25) is 0 Å². The number of Topliss-reactive ketones (excluding diaryl/α,β-unsaturated/α-hetero) is 1. The maximum absolute atomic E-state index is 13.4. The Morgan fingerprint density at radius 1 is 1.09 bits per heavy atom. The number of aliphatic hydroxyl groups is 1. The van der Waals surface area contributed by atoms with Gasteiger partial charge >= 0.3 is 0 Å². The van der Waals surface area contributed by atoms with E-state index in [1.54, 1.807) is 23.2 Å². The lowest BCUT2D eigenvalue weighted by Crippen LogP contribution is -2.32. The number of benzene rings is 2. The number of aryl methyl sites for hydroxylation is 2. The Bertz CT molecular complexity index is 1390. The molecule has 34 heavy (non-hydrogen) atoms. The smallest absolute Gasteiger partial charge is 0.290 e. The molecule has 0 spiro atoms. The highest BCUT2D eigenvalue weighted by Gasteiger charge is 2.43. The Morgan fingerprint density at radius 3 is 2.65 bits per heavy atom. The minimum Gasteiger partial charge on any atom is -0.503 e. The van der Waals surface area contributed by atoms with E-state index in [0.717, 1.165) is 23.1 Å². The molecule has 0 bridgehead atoms. The number of hydrogen-bond acceptors (Lipinski definition) is 4. The monoisotopic (exact) mass is 451 g/mol. The lowest BCUT2D eigenvalue weighted by atomic mass is 9.93. The van der Waals surface area contributed by atoms with Gasteiger partial charge in [-0.2, -0.15) is 0 Å². The van der Waals surface area contributed by atoms with Crippen molar-refractivity contribution in [2.75, 3.05) is 6.54 Å². The number of ketones is 1. The SMILES string of the molecule is Cc1ccc(C2C(C(=O)c3cccnc3)=C(O)C(=O)N2CCCc2c[nH]c3ccccc23)cc1. The molecule has 1 aliphatic heterocycles. The summed E-state index contributed by atoms with van der Waals surface area (Å²) in [6.07, 6.45) is 6.50. The van der Waals surface area contributed by atoms with Crippen LogP contribution < -0.4 is 0 Å². The van der Waals surface area contributed by atoms with Gasteiger partial charge in [0.25, 0.3) is 5.91 Å². The summed E-state index contributed by atoms with van der Waals surface area (Å²) in [5, 5.41) is 12.0. The van der Waals surface area contributed by atoms with Crippen LogP contribution in [-0.4, -0.2) is 38.2 Å². The van der Waals surface area contributed by atoms with Gasteiger partial charge in [-0.15, -0.1) is 0 Å². The fourth-order valence-corrected chi connectivity index (χ4v) is 4.64. The zero-order chi connectivity index (χ0) is 23.7. The van der Waals surface area contributed by atoms with Crippen molar-refractivity contribution < 1.29 is 14.7 Å². The van der Waals surface area contributed by atoms with E-state index in [4.69, 9.17) is 0 Å². The molecule has 0 aliphatic carbocycles. The van der Waals surface area contributed by atoms with Crippen molar-refractivity contribution in [3.05, 3.63) is 113 Å². The summed E-state index contributed by atoms with van der Waals surface area (Å²) < 4.78 is 0. The van der Waals surface area contributed by atoms with E-state index in [2.05, 4.69) is 16.0 Å².